The molecular weight excluding hydrogens is 244 g/mol. The number of aliphatic carboxylic acids is 1. The molecule has 0 unspecified atom stereocenters. The van der Waals surface area contributed by atoms with E-state index in [9.17, 15) is 18.4 Å². The molecule has 1 rings (SSSR count). The van der Waals surface area contributed by atoms with Gasteiger partial charge < -0.3 is 10.4 Å². The van der Waals surface area contributed by atoms with Crippen molar-refractivity contribution in [3.05, 3.63) is 0 Å². The molecule has 0 saturated heterocycles. The lowest BCUT2D eigenvalue weighted by atomic mass is 9.97. The highest BCUT2D eigenvalue weighted by atomic mass is 19.3. The second-order valence-electron chi connectivity index (χ2n) is 5.59. The fourth-order valence-corrected chi connectivity index (χ4v) is 1.90. The largest absolute Gasteiger partial charge is 0.481 e. The van der Waals surface area contributed by atoms with Crippen LogP contribution >= 0.6 is 0 Å². The number of amides is 1. The van der Waals surface area contributed by atoms with E-state index in [1.807, 2.05) is 13.8 Å². The monoisotopic (exact) mass is 263 g/mol. The molecule has 18 heavy (non-hydrogen) atoms. The Balaban J connectivity index is 2.49. The molecule has 1 fully saturated rings. The quantitative estimate of drug-likeness (QED) is 0.769. The molecule has 2 N–H and O–H groups in total. The highest BCUT2D eigenvalue weighted by Crippen LogP contribution is 2.60. The zero-order valence-corrected chi connectivity index (χ0v) is 10.8. The molecule has 0 aromatic rings. The van der Waals surface area contributed by atoms with Gasteiger partial charge in [0, 0.05) is 13.0 Å². The van der Waals surface area contributed by atoms with E-state index in [0.29, 0.717) is 6.42 Å². The van der Waals surface area contributed by atoms with Gasteiger partial charge in [-0.2, -0.15) is 0 Å². The third kappa shape index (κ3) is 2.97. The maximum Gasteiger partial charge on any atom is 0.308 e. The summed E-state index contributed by atoms with van der Waals surface area (Å²) in [7, 11) is 0. The Bertz CT molecular complexity index is 357. The minimum Gasteiger partial charge on any atom is -0.481 e. The van der Waals surface area contributed by atoms with Crippen molar-refractivity contribution in [3.63, 3.8) is 0 Å². The number of halogens is 2. The van der Waals surface area contributed by atoms with Crippen molar-refractivity contribution >= 4 is 11.9 Å². The van der Waals surface area contributed by atoms with Crippen molar-refractivity contribution in [2.75, 3.05) is 6.54 Å². The summed E-state index contributed by atoms with van der Waals surface area (Å²) in [5.74, 6) is -5.31. The smallest absolute Gasteiger partial charge is 0.308 e. The highest BCUT2D eigenvalue weighted by Gasteiger charge is 2.72. The minimum absolute atomic E-state index is 0.0992. The van der Waals surface area contributed by atoms with Gasteiger partial charge in [-0.15, -0.1) is 0 Å². The van der Waals surface area contributed by atoms with Gasteiger partial charge in [0.2, 0.25) is 5.91 Å². The van der Waals surface area contributed by atoms with Gasteiger partial charge in [-0.1, -0.05) is 13.8 Å². The number of rotatable bonds is 6. The Labute approximate surface area is 105 Å². The molecule has 0 aromatic heterocycles. The van der Waals surface area contributed by atoms with Crippen molar-refractivity contribution in [1.82, 2.24) is 5.32 Å². The van der Waals surface area contributed by atoms with Gasteiger partial charge in [-0.05, 0) is 19.3 Å². The van der Waals surface area contributed by atoms with E-state index >= 15 is 0 Å². The molecule has 4 nitrogen and oxygen atoms in total. The lowest BCUT2D eigenvalue weighted by Crippen LogP contribution is -2.39. The van der Waals surface area contributed by atoms with Crippen LogP contribution in [0, 0.1) is 17.3 Å². The van der Waals surface area contributed by atoms with E-state index in [-0.39, 0.29) is 12.5 Å². The van der Waals surface area contributed by atoms with Gasteiger partial charge in [-0.3, -0.25) is 9.59 Å². The summed E-state index contributed by atoms with van der Waals surface area (Å²) in [4.78, 5) is 22.5. The average Bonchev–Trinajstić information content (AvgIpc) is 2.73. The summed E-state index contributed by atoms with van der Waals surface area (Å²) in [6.45, 7) is 4.83. The number of carboxylic acids is 1. The van der Waals surface area contributed by atoms with Gasteiger partial charge in [0.1, 0.15) is 5.41 Å². The summed E-state index contributed by atoms with van der Waals surface area (Å²) in [5, 5.41) is 11.3. The molecule has 0 spiro atoms. The number of carbonyl (C=O) groups is 2. The first kappa shape index (κ1) is 14.9. The predicted molar refractivity (Wildman–Crippen MR) is 61.3 cm³/mol. The molecule has 1 aliphatic carbocycles. The summed E-state index contributed by atoms with van der Waals surface area (Å²) < 4.78 is 25.9. The van der Waals surface area contributed by atoms with Crippen LogP contribution in [0.1, 0.15) is 33.6 Å². The van der Waals surface area contributed by atoms with Crippen molar-refractivity contribution < 1.29 is 23.5 Å². The van der Waals surface area contributed by atoms with Crippen molar-refractivity contribution in [2.45, 2.75) is 39.5 Å². The SMILES string of the molecule is CC(C)C[C@@H](CNC(=O)[C@]1(C)CC1(F)F)C(=O)O. The maximum absolute atomic E-state index is 12.9. The van der Waals surface area contributed by atoms with Crippen LogP contribution in [-0.4, -0.2) is 29.5 Å². The zero-order chi connectivity index (χ0) is 14.1. The molecule has 1 amide bonds. The molecule has 0 aromatic carbocycles. The maximum atomic E-state index is 12.9. The minimum atomic E-state index is -2.96. The fraction of sp³-hybridized carbons (Fsp3) is 0.833. The van der Waals surface area contributed by atoms with Gasteiger partial charge in [-0.25, -0.2) is 8.78 Å². The predicted octanol–water partition coefficient (Wildman–Crippen LogP) is 1.89. The van der Waals surface area contributed by atoms with Crippen molar-refractivity contribution in [3.8, 4) is 0 Å². The van der Waals surface area contributed by atoms with Crippen LogP contribution in [-0.2, 0) is 9.59 Å². The van der Waals surface area contributed by atoms with Crippen LogP contribution in [0.5, 0.6) is 0 Å². The number of hydrogen-bond donors (Lipinski definition) is 2. The molecule has 0 bridgehead atoms. The second kappa shape index (κ2) is 4.82. The fourth-order valence-electron chi connectivity index (χ4n) is 1.90. The lowest BCUT2D eigenvalue weighted by Gasteiger charge is -2.17. The van der Waals surface area contributed by atoms with Crippen LogP contribution in [0.3, 0.4) is 0 Å². The summed E-state index contributed by atoms with van der Waals surface area (Å²) in [6.07, 6.45) is -0.0591. The molecule has 1 aliphatic rings. The van der Waals surface area contributed by atoms with Crippen LogP contribution < -0.4 is 5.32 Å². The average molecular weight is 263 g/mol. The third-order valence-corrected chi connectivity index (χ3v) is 3.37. The molecule has 0 radical (unpaired) electrons. The molecule has 0 aliphatic heterocycles. The van der Waals surface area contributed by atoms with Crippen LogP contribution in [0.2, 0.25) is 0 Å². The molecule has 1 saturated carbocycles. The Morgan fingerprint density at radius 3 is 2.22 bits per heavy atom. The Morgan fingerprint density at radius 2 is 1.89 bits per heavy atom. The number of carbonyl (C=O) groups excluding carboxylic acids is 1. The van der Waals surface area contributed by atoms with Crippen LogP contribution in [0.15, 0.2) is 0 Å². The normalized spacial score (nSPS) is 26.8. The molecule has 104 valence electrons. The number of carboxylic acid groups (broad SMARTS) is 1. The molecular formula is C12H19F2NO3. The van der Waals surface area contributed by atoms with Gasteiger partial charge in [0.25, 0.3) is 5.92 Å². The molecule has 2 atom stereocenters. The highest BCUT2D eigenvalue weighted by molar-refractivity contribution is 5.87. The first-order valence-corrected chi connectivity index (χ1v) is 5.99. The summed E-state index contributed by atoms with van der Waals surface area (Å²) >= 11 is 0. The summed E-state index contributed by atoms with van der Waals surface area (Å²) in [5.41, 5.74) is -1.66. The van der Waals surface area contributed by atoms with E-state index in [1.54, 1.807) is 0 Å². The lowest BCUT2D eigenvalue weighted by molar-refractivity contribution is -0.142. The Hall–Kier alpha value is -1.20. The number of nitrogens with one attached hydrogen (secondary N) is 1. The number of hydrogen-bond acceptors (Lipinski definition) is 2. The Kier molecular flexibility index (Phi) is 3.98. The topological polar surface area (TPSA) is 66.4 Å². The van der Waals surface area contributed by atoms with Gasteiger partial charge in [0.15, 0.2) is 0 Å². The molecule has 0 heterocycles. The third-order valence-electron chi connectivity index (χ3n) is 3.37. The number of alkyl halides is 2. The van der Waals surface area contributed by atoms with E-state index < -0.39 is 35.6 Å². The van der Waals surface area contributed by atoms with Gasteiger partial charge >= 0.3 is 5.97 Å². The first-order chi connectivity index (χ1) is 8.10. The molecule has 6 heteroatoms. The Morgan fingerprint density at radius 1 is 1.39 bits per heavy atom. The van der Waals surface area contributed by atoms with E-state index in [1.165, 1.54) is 6.92 Å². The van der Waals surface area contributed by atoms with E-state index in [2.05, 4.69) is 5.32 Å². The summed E-state index contributed by atoms with van der Waals surface area (Å²) in [6, 6.07) is 0. The second-order valence-corrected chi connectivity index (χ2v) is 5.59. The van der Waals surface area contributed by atoms with Crippen LogP contribution in [0.25, 0.3) is 0 Å². The van der Waals surface area contributed by atoms with Gasteiger partial charge in [0.05, 0.1) is 5.92 Å². The standard InChI is InChI=1S/C12H19F2NO3/c1-7(2)4-8(9(16)17)5-15-10(18)11(3)6-12(11,13)14/h7-8H,4-6H2,1-3H3,(H,15,18)(H,16,17)/t8-,11-/m0/s1. The van der Waals surface area contributed by atoms with Crippen molar-refractivity contribution in [2.24, 2.45) is 17.3 Å². The van der Waals surface area contributed by atoms with Crippen molar-refractivity contribution in [1.29, 1.82) is 0 Å². The first-order valence-electron chi connectivity index (χ1n) is 5.99. The van der Waals surface area contributed by atoms with Crippen LogP contribution in [0.4, 0.5) is 8.78 Å². The van der Waals surface area contributed by atoms with E-state index in [4.69, 9.17) is 5.11 Å². The zero-order valence-electron chi connectivity index (χ0n) is 10.8. The van der Waals surface area contributed by atoms with E-state index in [0.717, 1.165) is 0 Å².